The summed E-state index contributed by atoms with van der Waals surface area (Å²) in [5.41, 5.74) is 0.875. The number of rotatable bonds is 6. The van der Waals surface area contributed by atoms with Gasteiger partial charge in [0.1, 0.15) is 12.1 Å². The molecule has 2 fully saturated rings. The highest BCUT2D eigenvalue weighted by Gasteiger charge is 2.54. The maximum Gasteiger partial charge on any atom is 0.254 e. The Morgan fingerprint density at radius 1 is 0.919 bits per heavy atom. The first kappa shape index (κ1) is 24.8. The van der Waals surface area contributed by atoms with Crippen LogP contribution in [0.5, 0.6) is 0 Å². The quantitative estimate of drug-likeness (QED) is 0.560. The Balaban J connectivity index is 1.36. The van der Waals surface area contributed by atoms with E-state index in [0.717, 1.165) is 16.5 Å². The number of hydrogen-bond acceptors (Lipinski definition) is 4. The summed E-state index contributed by atoms with van der Waals surface area (Å²) in [6.45, 7) is 6.01. The van der Waals surface area contributed by atoms with Crippen LogP contribution in [0, 0.1) is 5.92 Å². The van der Waals surface area contributed by atoms with E-state index >= 15 is 0 Å². The Kier molecular flexibility index (Phi) is 6.87. The Bertz CT molecular complexity index is 1290. The van der Waals surface area contributed by atoms with Crippen LogP contribution in [0.2, 0.25) is 0 Å². The second-order valence-electron chi connectivity index (χ2n) is 10.5. The maximum atomic E-state index is 13.9. The third-order valence-electron chi connectivity index (χ3n) is 7.52. The second-order valence-corrected chi connectivity index (χ2v) is 10.5. The van der Waals surface area contributed by atoms with Crippen molar-refractivity contribution in [2.45, 2.75) is 32.2 Å². The van der Waals surface area contributed by atoms with Crippen LogP contribution in [-0.2, 0) is 9.59 Å². The zero-order chi connectivity index (χ0) is 26.0. The molecule has 3 aromatic rings. The molecule has 2 aliphatic rings. The normalized spacial score (nSPS) is 17.2. The van der Waals surface area contributed by atoms with Gasteiger partial charge in [-0.1, -0.05) is 68.4 Å². The molecule has 0 bridgehead atoms. The molecule has 192 valence electrons. The molecule has 3 amide bonds. The summed E-state index contributed by atoms with van der Waals surface area (Å²) >= 11 is 0. The average Bonchev–Trinajstić information content (AvgIpc) is 3.18. The number of carbonyl (C=O) groups is 3. The number of hydrogen-bond donors (Lipinski definition) is 1. The highest BCUT2D eigenvalue weighted by molar-refractivity contribution is 6.07. The monoisotopic (exact) mass is 498 g/mol. The van der Waals surface area contributed by atoms with E-state index in [9.17, 15) is 14.4 Å². The predicted octanol–water partition coefficient (Wildman–Crippen LogP) is 3.89. The molecular formula is C30H34N4O3. The number of fused-ring (bicyclic) bond motifs is 1. The van der Waals surface area contributed by atoms with Crippen LogP contribution >= 0.6 is 0 Å². The highest BCUT2D eigenvalue weighted by Crippen LogP contribution is 2.39. The summed E-state index contributed by atoms with van der Waals surface area (Å²) in [6, 6.07) is 23.6. The molecule has 1 N–H and O–H groups in total. The average molecular weight is 499 g/mol. The van der Waals surface area contributed by atoms with Gasteiger partial charge in [0, 0.05) is 30.9 Å². The number of benzene rings is 3. The van der Waals surface area contributed by atoms with Crippen molar-refractivity contribution in [3.63, 3.8) is 0 Å². The van der Waals surface area contributed by atoms with Crippen LogP contribution in [-0.4, -0.2) is 65.9 Å². The number of para-hydroxylation sites is 1. The fourth-order valence-corrected chi connectivity index (χ4v) is 5.53. The van der Waals surface area contributed by atoms with E-state index in [0.29, 0.717) is 50.6 Å². The summed E-state index contributed by atoms with van der Waals surface area (Å²) < 4.78 is 0. The van der Waals surface area contributed by atoms with E-state index in [-0.39, 0.29) is 24.3 Å². The van der Waals surface area contributed by atoms with Crippen molar-refractivity contribution in [2.75, 3.05) is 37.7 Å². The van der Waals surface area contributed by atoms with Crippen LogP contribution in [0.3, 0.4) is 0 Å². The Morgan fingerprint density at radius 2 is 1.59 bits per heavy atom. The molecule has 1 spiro atoms. The molecule has 0 aliphatic carbocycles. The minimum absolute atomic E-state index is 0.00623. The predicted molar refractivity (Wildman–Crippen MR) is 145 cm³/mol. The molecular weight excluding hydrogens is 464 g/mol. The molecule has 2 aliphatic heterocycles. The Hall–Kier alpha value is -3.87. The van der Waals surface area contributed by atoms with E-state index in [2.05, 4.69) is 10.2 Å². The van der Waals surface area contributed by atoms with Crippen LogP contribution in [0.4, 0.5) is 5.69 Å². The summed E-state index contributed by atoms with van der Waals surface area (Å²) in [5.74, 6) is 0.159. The molecule has 0 atom stereocenters. The van der Waals surface area contributed by atoms with Crippen molar-refractivity contribution in [3.05, 3.63) is 78.4 Å². The fraction of sp³-hybridized carbons (Fsp3) is 0.367. The molecule has 0 unspecified atom stereocenters. The van der Waals surface area contributed by atoms with E-state index in [4.69, 9.17) is 0 Å². The van der Waals surface area contributed by atoms with Gasteiger partial charge in [0.25, 0.3) is 11.8 Å². The first-order valence-corrected chi connectivity index (χ1v) is 13.0. The molecule has 37 heavy (non-hydrogen) atoms. The van der Waals surface area contributed by atoms with Crippen molar-refractivity contribution >= 4 is 34.2 Å². The maximum absolute atomic E-state index is 13.9. The van der Waals surface area contributed by atoms with Crippen molar-refractivity contribution in [2.24, 2.45) is 5.92 Å². The number of piperidine rings is 1. The van der Waals surface area contributed by atoms with E-state index in [1.807, 2.05) is 91.5 Å². The summed E-state index contributed by atoms with van der Waals surface area (Å²) in [6.07, 6.45) is 1.03. The molecule has 0 radical (unpaired) electrons. The lowest BCUT2D eigenvalue weighted by Crippen LogP contribution is -2.57. The van der Waals surface area contributed by atoms with Gasteiger partial charge in [-0.3, -0.25) is 14.4 Å². The lowest BCUT2D eigenvalue weighted by atomic mass is 9.85. The van der Waals surface area contributed by atoms with Crippen LogP contribution in [0.1, 0.15) is 37.0 Å². The number of nitrogens with zero attached hydrogens (tertiary/aromatic N) is 3. The summed E-state index contributed by atoms with van der Waals surface area (Å²) in [5, 5.41) is 4.90. The Morgan fingerprint density at radius 3 is 2.32 bits per heavy atom. The van der Waals surface area contributed by atoms with Crippen LogP contribution < -0.4 is 10.2 Å². The fourth-order valence-electron chi connectivity index (χ4n) is 5.53. The van der Waals surface area contributed by atoms with Gasteiger partial charge in [0.2, 0.25) is 5.91 Å². The molecule has 2 heterocycles. The lowest BCUT2D eigenvalue weighted by Gasteiger charge is -2.43. The molecule has 5 rings (SSSR count). The van der Waals surface area contributed by atoms with Gasteiger partial charge in [0.15, 0.2) is 0 Å². The van der Waals surface area contributed by atoms with Gasteiger partial charge >= 0.3 is 0 Å². The molecule has 7 heteroatoms. The molecule has 7 nitrogen and oxygen atoms in total. The standard InChI is InChI=1S/C30H34N4O3/c1-22(2)19-31-27(35)20-33-21-34(24-11-4-3-5-12-24)30(29(33)37)15-17-32(18-16-30)28(36)26-14-8-10-23-9-6-7-13-25(23)26/h3-14,22H,15-21H2,1-2H3,(H,31,35). The number of likely N-dealkylation sites (tertiary alicyclic amines) is 1. The number of nitrogens with one attached hydrogen (secondary N) is 1. The largest absolute Gasteiger partial charge is 0.354 e. The molecule has 3 aromatic carbocycles. The summed E-state index contributed by atoms with van der Waals surface area (Å²) in [4.78, 5) is 45.7. The smallest absolute Gasteiger partial charge is 0.254 e. The zero-order valence-corrected chi connectivity index (χ0v) is 21.5. The molecule has 2 saturated heterocycles. The van der Waals surface area contributed by atoms with Gasteiger partial charge in [0.05, 0.1) is 6.67 Å². The SMILES string of the molecule is CC(C)CNC(=O)CN1CN(c2ccccc2)C2(CCN(C(=O)c3cccc4ccccc34)CC2)C1=O. The van der Waals surface area contributed by atoms with Crippen molar-refractivity contribution in [1.29, 1.82) is 0 Å². The van der Waals surface area contributed by atoms with E-state index in [1.54, 1.807) is 4.90 Å². The van der Waals surface area contributed by atoms with Crippen LogP contribution in [0.15, 0.2) is 72.8 Å². The zero-order valence-electron chi connectivity index (χ0n) is 21.5. The minimum atomic E-state index is -0.769. The van der Waals surface area contributed by atoms with Gasteiger partial charge in [-0.2, -0.15) is 0 Å². The Labute approximate surface area is 218 Å². The second kappa shape index (κ2) is 10.2. The van der Waals surface area contributed by atoms with Crippen molar-refractivity contribution in [3.8, 4) is 0 Å². The first-order valence-electron chi connectivity index (χ1n) is 13.0. The van der Waals surface area contributed by atoms with E-state index < -0.39 is 5.54 Å². The third-order valence-corrected chi connectivity index (χ3v) is 7.52. The van der Waals surface area contributed by atoms with Crippen LogP contribution in [0.25, 0.3) is 10.8 Å². The first-order chi connectivity index (χ1) is 17.9. The highest BCUT2D eigenvalue weighted by atomic mass is 16.2. The molecule has 0 saturated carbocycles. The topological polar surface area (TPSA) is 73.0 Å². The van der Waals surface area contributed by atoms with E-state index in [1.165, 1.54) is 0 Å². The summed E-state index contributed by atoms with van der Waals surface area (Å²) in [7, 11) is 0. The van der Waals surface area contributed by atoms with Gasteiger partial charge < -0.3 is 20.0 Å². The van der Waals surface area contributed by atoms with Crippen molar-refractivity contribution in [1.82, 2.24) is 15.1 Å². The number of amides is 3. The van der Waals surface area contributed by atoms with Crippen molar-refractivity contribution < 1.29 is 14.4 Å². The number of anilines is 1. The van der Waals surface area contributed by atoms with Gasteiger partial charge in [-0.15, -0.1) is 0 Å². The number of carbonyl (C=O) groups excluding carboxylic acids is 3. The van der Waals surface area contributed by atoms with Gasteiger partial charge in [-0.25, -0.2) is 0 Å². The molecule has 0 aromatic heterocycles. The lowest BCUT2D eigenvalue weighted by molar-refractivity contribution is -0.137. The van der Waals surface area contributed by atoms with Gasteiger partial charge in [-0.05, 0) is 47.7 Å². The minimum Gasteiger partial charge on any atom is -0.354 e. The third kappa shape index (κ3) is 4.78.